The van der Waals surface area contributed by atoms with E-state index in [0.717, 1.165) is 11.3 Å². The van der Waals surface area contributed by atoms with Crippen LogP contribution in [0.25, 0.3) is 0 Å². The van der Waals surface area contributed by atoms with Gasteiger partial charge in [0.25, 0.3) is 10.0 Å². The second-order valence-electron chi connectivity index (χ2n) is 3.57. The number of rotatable bonds is 3. The summed E-state index contributed by atoms with van der Waals surface area (Å²) in [6.45, 7) is -0.202. The van der Waals surface area contributed by atoms with Crippen molar-refractivity contribution in [3.63, 3.8) is 0 Å². The van der Waals surface area contributed by atoms with Gasteiger partial charge in [0.1, 0.15) is 10.8 Å². The molecule has 1 heterocycles. The quantitative estimate of drug-likeness (QED) is 0.849. The summed E-state index contributed by atoms with van der Waals surface area (Å²) in [5.41, 5.74) is 1.19. The Bertz CT molecular complexity index is 693. The van der Waals surface area contributed by atoms with Crippen molar-refractivity contribution in [3.8, 4) is 11.8 Å². The van der Waals surface area contributed by atoms with Crippen LogP contribution in [0.2, 0.25) is 0 Å². The topological polar surface area (TPSA) is 66.4 Å². The highest BCUT2D eigenvalue weighted by molar-refractivity contribution is 7.94. The summed E-state index contributed by atoms with van der Waals surface area (Å²) in [5.74, 6) is 5.26. The molecule has 0 saturated heterocycles. The second kappa shape index (κ2) is 5.89. The monoisotopic (exact) mass is 293 g/mol. The molecule has 0 bridgehead atoms. The van der Waals surface area contributed by atoms with E-state index >= 15 is 0 Å². The summed E-state index contributed by atoms with van der Waals surface area (Å²) in [7, 11) is -3.51. The number of aliphatic hydroxyl groups is 1. The zero-order valence-electron chi connectivity index (χ0n) is 9.83. The third-order valence-corrected chi connectivity index (χ3v) is 4.99. The molecule has 19 heavy (non-hydrogen) atoms. The zero-order valence-corrected chi connectivity index (χ0v) is 11.5. The van der Waals surface area contributed by atoms with E-state index in [0.29, 0.717) is 11.3 Å². The average Bonchev–Trinajstić information content (AvgIpc) is 2.92. The summed E-state index contributed by atoms with van der Waals surface area (Å²) >= 11 is 1.16. The minimum absolute atomic E-state index is 0.202. The molecule has 1 aromatic heterocycles. The SMILES string of the molecule is O=S(=O)(Nc1ccc(C#CCO)cc1)c1cccs1. The molecule has 0 fully saturated rings. The van der Waals surface area contributed by atoms with Crippen LogP contribution < -0.4 is 4.72 Å². The molecule has 0 radical (unpaired) electrons. The van der Waals surface area contributed by atoms with E-state index in [1.54, 1.807) is 41.8 Å². The van der Waals surface area contributed by atoms with Crippen molar-refractivity contribution in [1.82, 2.24) is 0 Å². The first-order valence-electron chi connectivity index (χ1n) is 5.38. The number of sulfonamides is 1. The molecule has 0 aliphatic carbocycles. The number of thiophene rings is 1. The summed E-state index contributed by atoms with van der Waals surface area (Å²) < 4.78 is 26.7. The van der Waals surface area contributed by atoms with Gasteiger partial charge in [-0.25, -0.2) is 8.42 Å². The van der Waals surface area contributed by atoms with Crippen LogP contribution in [-0.2, 0) is 10.0 Å². The van der Waals surface area contributed by atoms with Crippen molar-refractivity contribution in [2.24, 2.45) is 0 Å². The van der Waals surface area contributed by atoms with Gasteiger partial charge in [-0.3, -0.25) is 4.72 Å². The first kappa shape index (κ1) is 13.6. The smallest absolute Gasteiger partial charge is 0.271 e. The Morgan fingerprint density at radius 3 is 2.53 bits per heavy atom. The number of hydrogen-bond donors (Lipinski definition) is 2. The van der Waals surface area contributed by atoms with E-state index in [9.17, 15) is 8.42 Å². The summed E-state index contributed by atoms with van der Waals surface area (Å²) in [6.07, 6.45) is 0. The van der Waals surface area contributed by atoms with Gasteiger partial charge in [-0.15, -0.1) is 11.3 Å². The highest BCUT2D eigenvalue weighted by Crippen LogP contribution is 2.20. The lowest BCUT2D eigenvalue weighted by Crippen LogP contribution is -2.11. The second-order valence-corrected chi connectivity index (χ2v) is 6.43. The molecule has 2 N–H and O–H groups in total. The fraction of sp³-hybridized carbons (Fsp3) is 0.0769. The van der Waals surface area contributed by atoms with Crippen LogP contribution in [0.4, 0.5) is 5.69 Å². The molecule has 98 valence electrons. The van der Waals surface area contributed by atoms with Crippen molar-refractivity contribution in [1.29, 1.82) is 0 Å². The Morgan fingerprint density at radius 2 is 1.95 bits per heavy atom. The third-order valence-electron chi connectivity index (χ3n) is 2.21. The third kappa shape index (κ3) is 3.58. The van der Waals surface area contributed by atoms with Crippen LogP contribution in [0.15, 0.2) is 46.0 Å². The Balaban J connectivity index is 2.16. The van der Waals surface area contributed by atoms with E-state index in [1.165, 1.54) is 0 Å². The minimum Gasteiger partial charge on any atom is -0.384 e. The van der Waals surface area contributed by atoms with E-state index in [2.05, 4.69) is 16.6 Å². The molecule has 2 aromatic rings. The van der Waals surface area contributed by atoms with Gasteiger partial charge in [0.2, 0.25) is 0 Å². The van der Waals surface area contributed by atoms with Crippen molar-refractivity contribution in [3.05, 3.63) is 47.3 Å². The van der Waals surface area contributed by atoms with E-state index in [-0.39, 0.29) is 10.8 Å². The van der Waals surface area contributed by atoms with Gasteiger partial charge in [-0.2, -0.15) is 0 Å². The molecule has 0 aliphatic heterocycles. The minimum atomic E-state index is -3.51. The van der Waals surface area contributed by atoms with Crippen molar-refractivity contribution < 1.29 is 13.5 Å². The Morgan fingerprint density at radius 1 is 1.21 bits per heavy atom. The van der Waals surface area contributed by atoms with Crippen LogP contribution in [0.5, 0.6) is 0 Å². The van der Waals surface area contributed by atoms with Crippen molar-refractivity contribution >= 4 is 27.0 Å². The van der Waals surface area contributed by atoms with Gasteiger partial charge in [0, 0.05) is 11.3 Å². The van der Waals surface area contributed by atoms with Gasteiger partial charge < -0.3 is 5.11 Å². The molecule has 0 aliphatic rings. The summed E-state index contributed by atoms with van der Waals surface area (Å²) in [5, 5.41) is 10.3. The number of nitrogens with one attached hydrogen (secondary N) is 1. The highest BCUT2D eigenvalue weighted by Gasteiger charge is 2.14. The van der Waals surface area contributed by atoms with Gasteiger partial charge in [0.15, 0.2) is 0 Å². The average molecular weight is 293 g/mol. The van der Waals surface area contributed by atoms with E-state index in [1.807, 2.05) is 0 Å². The lowest BCUT2D eigenvalue weighted by atomic mass is 10.2. The van der Waals surface area contributed by atoms with Crippen LogP contribution in [-0.4, -0.2) is 20.1 Å². The van der Waals surface area contributed by atoms with Crippen LogP contribution in [0.1, 0.15) is 5.56 Å². The fourth-order valence-corrected chi connectivity index (χ4v) is 3.44. The van der Waals surface area contributed by atoms with E-state index in [4.69, 9.17) is 5.11 Å². The Kier molecular flexibility index (Phi) is 4.22. The lowest BCUT2D eigenvalue weighted by Gasteiger charge is -2.05. The Labute approximate surface area is 115 Å². The first-order chi connectivity index (χ1) is 9.12. The largest absolute Gasteiger partial charge is 0.384 e. The first-order valence-corrected chi connectivity index (χ1v) is 7.74. The molecule has 0 saturated carbocycles. The molecule has 2 rings (SSSR count). The van der Waals surface area contributed by atoms with E-state index < -0.39 is 10.0 Å². The van der Waals surface area contributed by atoms with Gasteiger partial charge in [0.05, 0.1) is 0 Å². The zero-order chi connectivity index (χ0) is 13.7. The normalized spacial score (nSPS) is 10.6. The molecule has 0 atom stereocenters. The number of aliphatic hydroxyl groups excluding tert-OH is 1. The number of hydrogen-bond acceptors (Lipinski definition) is 4. The number of benzene rings is 1. The fourth-order valence-electron chi connectivity index (χ4n) is 1.39. The molecule has 0 amide bonds. The van der Waals surface area contributed by atoms with Crippen molar-refractivity contribution in [2.45, 2.75) is 4.21 Å². The molecule has 6 heteroatoms. The maximum absolute atomic E-state index is 12.0. The molecular formula is C13H11NO3S2. The molecule has 1 aromatic carbocycles. The predicted octanol–water partition coefficient (Wildman–Crippen LogP) is 1.89. The molecule has 4 nitrogen and oxygen atoms in total. The summed E-state index contributed by atoms with van der Waals surface area (Å²) in [6, 6.07) is 9.88. The maximum Gasteiger partial charge on any atom is 0.271 e. The maximum atomic E-state index is 12.0. The highest BCUT2D eigenvalue weighted by atomic mass is 32.2. The molecule has 0 unspecified atom stereocenters. The Hall–Kier alpha value is -1.81. The van der Waals surface area contributed by atoms with Gasteiger partial charge in [-0.1, -0.05) is 17.9 Å². The lowest BCUT2D eigenvalue weighted by molar-refractivity contribution is 0.350. The van der Waals surface area contributed by atoms with Crippen LogP contribution >= 0.6 is 11.3 Å². The van der Waals surface area contributed by atoms with Gasteiger partial charge in [-0.05, 0) is 35.7 Å². The standard InChI is InChI=1S/C13H11NO3S2/c15-9-1-3-11-5-7-12(8-6-11)14-19(16,17)13-4-2-10-18-13/h2,4-8,10,14-15H,9H2. The van der Waals surface area contributed by atoms with Crippen LogP contribution in [0.3, 0.4) is 0 Å². The van der Waals surface area contributed by atoms with Gasteiger partial charge >= 0.3 is 0 Å². The molecular weight excluding hydrogens is 282 g/mol. The van der Waals surface area contributed by atoms with Crippen molar-refractivity contribution in [2.75, 3.05) is 11.3 Å². The summed E-state index contributed by atoms with van der Waals surface area (Å²) in [4.78, 5) is 0. The molecule has 0 spiro atoms. The number of anilines is 1. The predicted molar refractivity (Wildman–Crippen MR) is 75.5 cm³/mol. The van der Waals surface area contributed by atoms with Crippen LogP contribution in [0, 0.1) is 11.8 Å².